The number of aromatic nitrogens is 2. The number of aryl methyl sites for hydroxylation is 1. The van der Waals surface area contributed by atoms with Gasteiger partial charge in [0, 0.05) is 18.0 Å². The Morgan fingerprint density at radius 1 is 1.50 bits per heavy atom. The van der Waals surface area contributed by atoms with Gasteiger partial charge in [-0.05, 0) is 43.7 Å². The first kappa shape index (κ1) is 17.5. The molecule has 2 aliphatic rings. The van der Waals surface area contributed by atoms with Crippen molar-refractivity contribution in [2.45, 2.75) is 43.6 Å². The van der Waals surface area contributed by atoms with Gasteiger partial charge < -0.3 is 9.73 Å². The number of urea groups is 1. The predicted molar refractivity (Wildman–Crippen MR) is 99.2 cm³/mol. The highest BCUT2D eigenvalue weighted by atomic mass is 32.2. The van der Waals surface area contributed by atoms with Gasteiger partial charge in [0.2, 0.25) is 5.91 Å². The Bertz CT molecular complexity index is 847. The van der Waals surface area contributed by atoms with Crippen LogP contribution in [0.2, 0.25) is 0 Å². The fraction of sp³-hybridized carbons (Fsp3) is 0.529. The third kappa shape index (κ3) is 3.37. The van der Waals surface area contributed by atoms with Gasteiger partial charge in [-0.25, -0.2) is 4.79 Å². The highest BCUT2D eigenvalue weighted by Crippen LogP contribution is 2.37. The summed E-state index contributed by atoms with van der Waals surface area (Å²) < 4.78 is 5.76. The SMILES string of the molecule is C[C@@H]1CCc2sc(-c3nnc(S[C@H](C)C(=O)N4CCNC4=O)o3)cc2C1. The summed E-state index contributed by atoms with van der Waals surface area (Å²) in [5, 5.41) is 10.7. The van der Waals surface area contributed by atoms with Gasteiger partial charge in [0.15, 0.2) is 0 Å². The second-order valence-corrected chi connectivity index (χ2v) is 9.19. The Balaban J connectivity index is 1.45. The topological polar surface area (TPSA) is 88.3 Å². The van der Waals surface area contributed by atoms with Crippen LogP contribution in [-0.4, -0.2) is 45.4 Å². The lowest BCUT2D eigenvalue weighted by Gasteiger charge is -2.16. The fourth-order valence-corrected chi connectivity index (χ4v) is 5.15. The molecule has 7 nitrogen and oxygen atoms in total. The molecule has 0 aromatic carbocycles. The molecule has 2 aromatic heterocycles. The number of imide groups is 1. The van der Waals surface area contributed by atoms with E-state index in [-0.39, 0.29) is 11.9 Å². The van der Waals surface area contributed by atoms with E-state index in [1.807, 2.05) is 0 Å². The van der Waals surface area contributed by atoms with Crippen LogP contribution in [0.4, 0.5) is 4.79 Å². The molecule has 9 heteroatoms. The molecule has 1 aliphatic carbocycles. The second-order valence-electron chi connectivity index (χ2n) is 6.76. The van der Waals surface area contributed by atoms with Crippen LogP contribution in [0.25, 0.3) is 10.8 Å². The Hall–Kier alpha value is -1.87. The van der Waals surface area contributed by atoms with Crippen molar-refractivity contribution >= 4 is 35.0 Å². The van der Waals surface area contributed by atoms with Gasteiger partial charge in [-0.3, -0.25) is 9.69 Å². The first-order valence-corrected chi connectivity index (χ1v) is 10.4. The summed E-state index contributed by atoms with van der Waals surface area (Å²) in [5.74, 6) is 0.969. The Kier molecular flexibility index (Phi) is 4.74. The average Bonchev–Trinajstić information content (AvgIpc) is 3.32. The molecule has 0 radical (unpaired) electrons. The Labute approximate surface area is 159 Å². The molecule has 3 heterocycles. The highest BCUT2D eigenvalue weighted by Gasteiger charge is 2.31. The van der Waals surface area contributed by atoms with E-state index in [1.54, 1.807) is 18.3 Å². The molecule has 26 heavy (non-hydrogen) atoms. The maximum absolute atomic E-state index is 12.4. The number of carbonyl (C=O) groups is 2. The molecule has 2 atom stereocenters. The molecule has 0 spiro atoms. The van der Waals surface area contributed by atoms with E-state index >= 15 is 0 Å². The number of nitrogens with zero attached hydrogens (tertiary/aromatic N) is 3. The number of nitrogens with one attached hydrogen (secondary N) is 1. The molecule has 4 rings (SSSR count). The van der Waals surface area contributed by atoms with E-state index in [2.05, 4.69) is 28.5 Å². The third-order valence-electron chi connectivity index (χ3n) is 4.69. The molecule has 0 bridgehead atoms. The van der Waals surface area contributed by atoms with Crippen molar-refractivity contribution in [2.75, 3.05) is 13.1 Å². The molecule has 1 N–H and O–H groups in total. The molecular weight excluding hydrogens is 372 g/mol. The van der Waals surface area contributed by atoms with E-state index in [4.69, 9.17) is 4.42 Å². The number of hydrogen-bond donors (Lipinski definition) is 1. The Morgan fingerprint density at radius 3 is 3.12 bits per heavy atom. The number of amides is 3. The lowest BCUT2D eigenvalue weighted by Crippen LogP contribution is -2.38. The normalized spacial score (nSPS) is 20.8. The largest absolute Gasteiger partial charge is 0.410 e. The smallest absolute Gasteiger partial charge is 0.324 e. The van der Waals surface area contributed by atoms with Gasteiger partial charge in [-0.15, -0.1) is 21.5 Å². The summed E-state index contributed by atoms with van der Waals surface area (Å²) in [6.07, 6.45) is 3.44. The quantitative estimate of drug-likeness (QED) is 0.805. The van der Waals surface area contributed by atoms with Gasteiger partial charge in [0.25, 0.3) is 11.1 Å². The van der Waals surface area contributed by atoms with Crippen LogP contribution in [0.1, 0.15) is 30.7 Å². The first-order valence-electron chi connectivity index (χ1n) is 8.72. The van der Waals surface area contributed by atoms with Crippen molar-refractivity contribution in [3.8, 4) is 10.8 Å². The summed E-state index contributed by atoms with van der Waals surface area (Å²) in [4.78, 5) is 27.6. The van der Waals surface area contributed by atoms with Crippen LogP contribution in [0.3, 0.4) is 0 Å². The first-order chi connectivity index (χ1) is 12.5. The highest BCUT2D eigenvalue weighted by molar-refractivity contribution is 8.00. The van der Waals surface area contributed by atoms with Gasteiger partial charge in [-0.1, -0.05) is 18.7 Å². The van der Waals surface area contributed by atoms with Crippen LogP contribution in [0.15, 0.2) is 15.7 Å². The van der Waals surface area contributed by atoms with Gasteiger partial charge in [0.05, 0.1) is 10.1 Å². The minimum absolute atomic E-state index is 0.245. The van der Waals surface area contributed by atoms with Crippen molar-refractivity contribution in [3.63, 3.8) is 0 Å². The molecule has 1 saturated heterocycles. The van der Waals surface area contributed by atoms with Crippen LogP contribution in [0.5, 0.6) is 0 Å². The van der Waals surface area contributed by atoms with Crippen LogP contribution in [0, 0.1) is 5.92 Å². The van der Waals surface area contributed by atoms with Gasteiger partial charge in [-0.2, -0.15) is 0 Å². The van der Waals surface area contributed by atoms with Gasteiger partial charge in [0.1, 0.15) is 0 Å². The fourth-order valence-electron chi connectivity index (χ4n) is 3.27. The summed E-state index contributed by atoms with van der Waals surface area (Å²) in [6, 6.07) is 1.81. The lowest BCUT2D eigenvalue weighted by atomic mass is 9.90. The van der Waals surface area contributed by atoms with Gasteiger partial charge >= 0.3 is 6.03 Å². The maximum Gasteiger partial charge on any atom is 0.324 e. The molecule has 1 fully saturated rings. The molecule has 138 valence electrons. The van der Waals surface area contributed by atoms with Crippen molar-refractivity contribution in [1.29, 1.82) is 0 Å². The minimum atomic E-state index is -0.468. The number of carbonyl (C=O) groups excluding carboxylic acids is 2. The standard InChI is InChI=1S/C17H20N4O3S2/c1-9-3-4-12-11(7-9)8-13(26-12)14-19-20-17(24-14)25-10(2)15(22)21-6-5-18-16(21)23/h8-10H,3-7H2,1-2H3,(H,18,23)/t9-,10-/m1/s1. The summed E-state index contributed by atoms with van der Waals surface area (Å²) in [7, 11) is 0. The summed E-state index contributed by atoms with van der Waals surface area (Å²) in [6.45, 7) is 4.92. The summed E-state index contributed by atoms with van der Waals surface area (Å²) >= 11 is 2.90. The molecule has 1 aliphatic heterocycles. The minimum Gasteiger partial charge on any atom is -0.410 e. The van der Waals surface area contributed by atoms with Crippen molar-refractivity contribution in [2.24, 2.45) is 5.92 Å². The zero-order valence-corrected chi connectivity index (χ0v) is 16.3. The zero-order valence-electron chi connectivity index (χ0n) is 14.7. The zero-order chi connectivity index (χ0) is 18.3. The number of thiophene rings is 1. The number of fused-ring (bicyclic) bond motifs is 1. The summed E-state index contributed by atoms with van der Waals surface area (Å²) in [5.41, 5.74) is 1.39. The molecule has 0 unspecified atom stereocenters. The third-order valence-corrected chi connectivity index (χ3v) is 6.84. The predicted octanol–water partition coefficient (Wildman–Crippen LogP) is 2.96. The monoisotopic (exact) mass is 392 g/mol. The maximum atomic E-state index is 12.4. The van der Waals surface area contributed by atoms with Crippen molar-refractivity contribution in [3.05, 3.63) is 16.5 Å². The second kappa shape index (κ2) is 7.03. The lowest BCUT2D eigenvalue weighted by molar-refractivity contribution is -0.126. The van der Waals surface area contributed by atoms with E-state index in [0.29, 0.717) is 30.1 Å². The van der Waals surface area contributed by atoms with Crippen molar-refractivity contribution in [1.82, 2.24) is 20.4 Å². The Morgan fingerprint density at radius 2 is 2.35 bits per heavy atom. The van der Waals surface area contributed by atoms with Crippen LogP contribution < -0.4 is 5.32 Å². The van der Waals surface area contributed by atoms with Crippen molar-refractivity contribution < 1.29 is 14.0 Å². The van der Waals surface area contributed by atoms with Crippen LogP contribution in [-0.2, 0) is 17.6 Å². The molecule has 2 aromatic rings. The molecule has 0 saturated carbocycles. The average molecular weight is 393 g/mol. The number of rotatable bonds is 4. The number of thioether (sulfide) groups is 1. The van der Waals surface area contributed by atoms with E-state index in [9.17, 15) is 9.59 Å². The van der Waals surface area contributed by atoms with E-state index in [1.165, 1.54) is 33.5 Å². The number of hydrogen-bond acceptors (Lipinski definition) is 7. The molecule has 3 amide bonds. The van der Waals surface area contributed by atoms with E-state index < -0.39 is 5.25 Å². The van der Waals surface area contributed by atoms with E-state index in [0.717, 1.165) is 17.7 Å². The molecular formula is C17H20N4O3S2. The van der Waals surface area contributed by atoms with Crippen LogP contribution >= 0.6 is 23.1 Å².